The molecule has 0 spiro atoms. The highest BCUT2D eigenvalue weighted by Crippen LogP contribution is 2.43. The summed E-state index contributed by atoms with van der Waals surface area (Å²) in [6.07, 6.45) is 2.77. The van der Waals surface area contributed by atoms with Gasteiger partial charge in [-0.15, -0.1) is 0 Å². The number of hydrogen-bond acceptors (Lipinski definition) is 6. The van der Waals surface area contributed by atoms with Gasteiger partial charge in [-0.1, -0.05) is 6.07 Å². The molecule has 23 heavy (non-hydrogen) atoms. The van der Waals surface area contributed by atoms with E-state index in [-0.39, 0.29) is 6.61 Å². The Labute approximate surface area is 135 Å². The van der Waals surface area contributed by atoms with Crippen LogP contribution in [0.4, 0.5) is 0 Å². The van der Waals surface area contributed by atoms with Gasteiger partial charge in [0.25, 0.3) is 0 Å². The molecule has 0 atom stereocenters. The van der Waals surface area contributed by atoms with Crippen molar-refractivity contribution in [3.63, 3.8) is 0 Å². The molecular weight excluding hydrogens is 298 g/mol. The Morgan fingerprint density at radius 1 is 1.13 bits per heavy atom. The van der Waals surface area contributed by atoms with Crippen LogP contribution < -0.4 is 9.47 Å². The molecule has 1 aromatic carbocycles. The molecule has 6 nitrogen and oxygen atoms in total. The van der Waals surface area contributed by atoms with E-state index in [1.807, 2.05) is 18.2 Å². The molecular formula is C17H21NO5. The highest BCUT2D eigenvalue weighted by atomic mass is 16.7. The Morgan fingerprint density at radius 2 is 1.87 bits per heavy atom. The molecule has 0 fully saturated rings. The van der Waals surface area contributed by atoms with E-state index in [2.05, 4.69) is 4.98 Å². The normalized spacial score (nSPS) is 10.9. The van der Waals surface area contributed by atoms with Gasteiger partial charge in [-0.2, -0.15) is 0 Å². The van der Waals surface area contributed by atoms with Crippen LogP contribution >= 0.6 is 0 Å². The molecule has 1 aromatic heterocycles. The first-order chi connectivity index (χ1) is 11.2. The molecule has 6 heteroatoms. The Morgan fingerprint density at radius 3 is 2.35 bits per heavy atom. The van der Waals surface area contributed by atoms with Gasteiger partial charge in [0.15, 0.2) is 17.8 Å². The summed E-state index contributed by atoms with van der Waals surface area (Å²) in [7, 11) is 6.16. The van der Waals surface area contributed by atoms with Gasteiger partial charge in [-0.25, -0.2) is 0 Å². The maximum absolute atomic E-state index is 9.90. The van der Waals surface area contributed by atoms with E-state index in [0.717, 1.165) is 11.1 Å². The zero-order valence-corrected chi connectivity index (χ0v) is 13.7. The average molecular weight is 319 g/mol. The fourth-order valence-electron chi connectivity index (χ4n) is 2.60. The zero-order chi connectivity index (χ0) is 16.8. The van der Waals surface area contributed by atoms with Gasteiger partial charge in [0.2, 0.25) is 0 Å². The van der Waals surface area contributed by atoms with Crippen LogP contribution in [0.25, 0.3) is 11.1 Å². The van der Waals surface area contributed by atoms with Gasteiger partial charge in [-0.05, 0) is 17.7 Å². The highest BCUT2D eigenvalue weighted by Gasteiger charge is 2.25. The van der Waals surface area contributed by atoms with Crippen molar-refractivity contribution in [3.05, 3.63) is 41.7 Å². The topological polar surface area (TPSA) is 70.0 Å². The number of nitrogens with zero attached hydrogens (tertiary/aromatic N) is 1. The van der Waals surface area contributed by atoms with Crippen LogP contribution in [0.15, 0.2) is 30.6 Å². The van der Waals surface area contributed by atoms with Crippen molar-refractivity contribution in [3.8, 4) is 22.6 Å². The Bertz CT molecular complexity index is 641. The quantitative estimate of drug-likeness (QED) is 0.791. The molecule has 1 heterocycles. The number of rotatable bonds is 7. The van der Waals surface area contributed by atoms with E-state index in [9.17, 15) is 5.11 Å². The minimum Gasteiger partial charge on any atom is -0.493 e. The van der Waals surface area contributed by atoms with Gasteiger partial charge in [0.05, 0.1) is 20.8 Å². The standard InChI is InChI=1S/C17H21NO5/c1-20-14-8-12(11-6-5-7-18-9-11)15(17(22-3)23-4)13(10-19)16(14)21-2/h5-9,17,19H,10H2,1-4H3. The van der Waals surface area contributed by atoms with Crippen LogP contribution in [0.1, 0.15) is 17.4 Å². The lowest BCUT2D eigenvalue weighted by Gasteiger charge is -2.24. The fraction of sp³-hybridized carbons (Fsp3) is 0.353. The lowest BCUT2D eigenvalue weighted by molar-refractivity contribution is -0.106. The van der Waals surface area contributed by atoms with Gasteiger partial charge in [0, 0.05) is 43.3 Å². The highest BCUT2D eigenvalue weighted by molar-refractivity contribution is 5.73. The second kappa shape index (κ2) is 7.92. The van der Waals surface area contributed by atoms with Crippen molar-refractivity contribution in [2.45, 2.75) is 12.9 Å². The zero-order valence-electron chi connectivity index (χ0n) is 13.7. The lowest BCUT2D eigenvalue weighted by atomic mass is 9.94. The van der Waals surface area contributed by atoms with Gasteiger partial charge in [0.1, 0.15) is 0 Å². The monoisotopic (exact) mass is 319 g/mol. The molecule has 124 valence electrons. The summed E-state index contributed by atoms with van der Waals surface area (Å²) >= 11 is 0. The first-order valence-electron chi connectivity index (χ1n) is 7.06. The Hall–Kier alpha value is -2.15. The molecule has 0 unspecified atom stereocenters. The van der Waals surface area contributed by atoms with Gasteiger partial charge in [-0.3, -0.25) is 4.98 Å². The van der Waals surface area contributed by atoms with Crippen molar-refractivity contribution in [1.29, 1.82) is 0 Å². The van der Waals surface area contributed by atoms with Crippen LogP contribution in [0, 0.1) is 0 Å². The van der Waals surface area contributed by atoms with E-state index in [4.69, 9.17) is 18.9 Å². The summed E-state index contributed by atoms with van der Waals surface area (Å²) in [4.78, 5) is 4.15. The molecule has 0 aliphatic heterocycles. The summed E-state index contributed by atoms with van der Waals surface area (Å²) in [5.41, 5.74) is 2.90. The van der Waals surface area contributed by atoms with E-state index < -0.39 is 6.29 Å². The van der Waals surface area contributed by atoms with Crippen LogP contribution in [0.5, 0.6) is 11.5 Å². The first kappa shape index (κ1) is 17.2. The number of aliphatic hydroxyl groups is 1. The van der Waals surface area contributed by atoms with Gasteiger partial charge < -0.3 is 24.1 Å². The molecule has 2 aromatic rings. The molecule has 2 rings (SSSR count). The molecule has 0 bridgehead atoms. The summed E-state index contributed by atoms with van der Waals surface area (Å²) < 4.78 is 21.6. The van der Waals surface area contributed by atoms with Crippen LogP contribution in [-0.4, -0.2) is 38.5 Å². The smallest absolute Gasteiger partial charge is 0.184 e. The van der Waals surface area contributed by atoms with E-state index in [1.54, 1.807) is 33.7 Å². The number of pyridine rings is 1. The fourth-order valence-corrected chi connectivity index (χ4v) is 2.60. The van der Waals surface area contributed by atoms with Crippen molar-refractivity contribution < 1.29 is 24.1 Å². The molecule has 0 amide bonds. The minimum atomic E-state index is -0.660. The number of aromatic nitrogens is 1. The van der Waals surface area contributed by atoms with Crippen LogP contribution in [-0.2, 0) is 16.1 Å². The summed E-state index contributed by atoms with van der Waals surface area (Å²) in [5, 5.41) is 9.90. The Balaban J connectivity index is 2.82. The molecule has 0 saturated carbocycles. The number of aliphatic hydroxyl groups excluding tert-OH is 1. The average Bonchev–Trinajstić information content (AvgIpc) is 2.62. The predicted octanol–water partition coefficient (Wildman–Crippen LogP) is 2.55. The third-order valence-corrected chi connectivity index (χ3v) is 3.61. The molecule has 0 saturated heterocycles. The van der Waals surface area contributed by atoms with Crippen molar-refractivity contribution in [2.24, 2.45) is 0 Å². The maximum atomic E-state index is 9.90. The summed E-state index contributed by atoms with van der Waals surface area (Å²) in [6.45, 7) is -0.244. The third kappa shape index (κ3) is 3.29. The largest absolute Gasteiger partial charge is 0.493 e. The van der Waals surface area contributed by atoms with Crippen molar-refractivity contribution in [2.75, 3.05) is 28.4 Å². The molecule has 0 aliphatic carbocycles. The van der Waals surface area contributed by atoms with Crippen molar-refractivity contribution >= 4 is 0 Å². The summed E-state index contributed by atoms with van der Waals surface area (Å²) in [5.74, 6) is 0.974. The van der Waals surface area contributed by atoms with Crippen LogP contribution in [0.3, 0.4) is 0 Å². The second-order valence-corrected chi connectivity index (χ2v) is 4.76. The van der Waals surface area contributed by atoms with Gasteiger partial charge >= 0.3 is 0 Å². The second-order valence-electron chi connectivity index (χ2n) is 4.76. The SMILES string of the molecule is COc1cc(-c2cccnc2)c(C(OC)OC)c(CO)c1OC. The van der Waals surface area contributed by atoms with Crippen molar-refractivity contribution in [1.82, 2.24) is 4.98 Å². The van der Waals surface area contributed by atoms with E-state index >= 15 is 0 Å². The van der Waals surface area contributed by atoms with E-state index in [1.165, 1.54) is 7.11 Å². The number of hydrogen-bond donors (Lipinski definition) is 1. The third-order valence-electron chi connectivity index (χ3n) is 3.61. The number of methoxy groups -OCH3 is 4. The Kier molecular flexibility index (Phi) is 5.92. The maximum Gasteiger partial charge on any atom is 0.184 e. The predicted molar refractivity (Wildman–Crippen MR) is 85.5 cm³/mol. The number of ether oxygens (including phenoxy) is 4. The summed E-state index contributed by atoms with van der Waals surface area (Å²) in [6, 6.07) is 5.58. The van der Waals surface area contributed by atoms with Crippen LogP contribution in [0.2, 0.25) is 0 Å². The minimum absolute atomic E-state index is 0.244. The molecule has 0 aliphatic rings. The molecule has 0 radical (unpaired) electrons. The first-order valence-corrected chi connectivity index (χ1v) is 7.06. The van der Waals surface area contributed by atoms with E-state index in [0.29, 0.717) is 22.6 Å². The number of benzene rings is 1. The molecule has 1 N–H and O–H groups in total. The lowest BCUT2D eigenvalue weighted by Crippen LogP contribution is -2.11.